The van der Waals surface area contributed by atoms with Crippen LogP contribution in [0.5, 0.6) is 0 Å². The summed E-state index contributed by atoms with van der Waals surface area (Å²) in [7, 11) is 0. The molecule has 2 fully saturated rings. The van der Waals surface area contributed by atoms with Crippen LogP contribution in [-0.4, -0.2) is 12.5 Å². The average Bonchev–Trinajstić information content (AvgIpc) is 2.98. The van der Waals surface area contributed by atoms with Crippen LogP contribution in [0.2, 0.25) is 0 Å². The van der Waals surface area contributed by atoms with E-state index in [-0.39, 0.29) is 5.91 Å². The Balaban J connectivity index is 1.56. The van der Waals surface area contributed by atoms with Crippen LogP contribution in [0.3, 0.4) is 0 Å². The molecule has 2 nitrogen and oxygen atoms in total. The predicted octanol–water partition coefficient (Wildman–Crippen LogP) is 3.62. The molecule has 2 aliphatic carbocycles. The molecule has 2 aliphatic rings. The molecule has 1 aromatic carbocycles. The molecule has 0 spiro atoms. The van der Waals surface area contributed by atoms with Crippen LogP contribution in [0.15, 0.2) is 28.7 Å². The predicted molar refractivity (Wildman–Crippen MR) is 75.4 cm³/mol. The maximum absolute atomic E-state index is 12.0. The number of hydrogen-bond acceptors (Lipinski definition) is 1. The molecular formula is C15H18BrNO. The van der Waals surface area contributed by atoms with Crippen molar-refractivity contribution >= 4 is 21.8 Å². The minimum Gasteiger partial charge on any atom is -0.352 e. The zero-order valence-corrected chi connectivity index (χ0v) is 11.9. The Labute approximate surface area is 116 Å². The van der Waals surface area contributed by atoms with Crippen LogP contribution < -0.4 is 5.32 Å². The normalized spacial score (nSPS) is 29.5. The lowest BCUT2D eigenvalue weighted by atomic mass is 9.89. The summed E-state index contributed by atoms with van der Waals surface area (Å²) in [6, 6.07) is 7.57. The first-order valence-electron chi connectivity index (χ1n) is 6.76. The third-order valence-corrected chi connectivity index (χ3v) is 4.99. The molecule has 1 N–H and O–H groups in total. The van der Waals surface area contributed by atoms with Crippen molar-refractivity contribution in [1.82, 2.24) is 5.32 Å². The van der Waals surface area contributed by atoms with Crippen molar-refractivity contribution in [3.05, 3.63) is 34.3 Å². The largest absolute Gasteiger partial charge is 0.352 e. The summed E-state index contributed by atoms with van der Waals surface area (Å²) in [6.07, 6.45) is 5.52. The molecule has 1 aromatic rings. The van der Waals surface area contributed by atoms with Gasteiger partial charge < -0.3 is 5.32 Å². The molecule has 0 heterocycles. The van der Waals surface area contributed by atoms with E-state index < -0.39 is 0 Å². The Morgan fingerprint density at radius 1 is 1.33 bits per heavy atom. The number of hydrogen-bond donors (Lipinski definition) is 1. The summed E-state index contributed by atoms with van der Waals surface area (Å²) in [4.78, 5) is 12.0. The highest BCUT2D eigenvalue weighted by Gasteiger charge is 2.39. The van der Waals surface area contributed by atoms with Gasteiger partial charge in [0, 0.05) is 16.6 Å². The van der Waals surface area contributed by atoms with Crippen molar-refractivity contribution < 1.29 is 4.79 Å². The third kappa shape index (κ3) is 2.46. The quantitative estimate of drug-likeness (QED) is 0.908. The van der Waals surface area contributed by atoms with Gasteiger partial charge in [-0.1, -0.05) is 28.4 Å². The number of benzene rings is 1. The maximum Gasteiger partial charge on any atom is 0.251 e. The molecule has 3 atom stereocenters. The molecule has 1 amide bonds. The van der Waals surface area contributed by atoms with E-state index in [1.807, 2.05) is 24.3 Å². The lowest BCUT2D eigenvalue weighted by molar-refractivity contribution is 0.0941. The molecule has 0 aromatic heterocycles. The lowest BCUT2D eigenvalue weighted by Gasteiger charge is -2.21. The van der Waals surface area contributed by atoms with Crippen molar-refractivity contribution in [1.29, 1.82) is 0 Å². The Bertz CT molecular complexity index is 460. The fourth-order valence-corrected chi connectivity index (χ4v) is 3.98. The van der Waals surface area contributed by atoms with Gasteiger partial charge in [-0.15, -0.1) is 0 Å². The van der Waals surface area contributed by atoms with Gasteiger partial charge >= 0.3 is 0 Å². The lowest BCUT2D eigenvalue weighted by Crippen LogP contribution is -2.31. The van der Waals surface area contributed by atoms with Gasteiger partial charge in [0.15, 0.2) is 0 Å². The van der Waals surface area contributed by atoms with Gasteiger partial charge in [0.2, 0.25) is 0 Å². The highest BCUT2D eigenvalue weighted by atomic mass is 79.9. The molecule has 0 radical (unpaired) electrons. The Hall–Kier alpha value is -0.830. The SMILES string of the molecule is O=C(NC[C@H]1C[C@@H]2CC[C@@H]1C2)c1cccc(Br)c1. The average molecular weight is 308 g/mol. The Morgan fingerprint density at radius 2 is 2.22 bits per heavy atom. The van der Waals surface area contributed by atoms with Gasteiger partial charge in [-0.3, -0.25) is 4.79 Å². The van der Waals surface area contributed by atoms with Crippen LogP contribution in [0.1, 0.15) is 36.0 Å². The van der Waals surface area contributed by atoms with Crippen LogP contribution in [0.4, 0.5) is 0 Å². The highest BCUT2D eigenvalue weighted by molar-refractivity contribution is 9.10. The highest BCUT2D eigenvalue weighted by Crippen LogP contribution is 2.47. The number of halogens is 1. The van der Waals surface area contributed by atoms with Gasteiger partial charge in [-0.2, -0.15) is 0 Å². The van der Waals surface area contributed by atoms with E-state index in [1.165, 1.54) is 25.7 Å². The minimum atomic E-state index is 0.0547. The summed E-state index contributed by atoms with van der Waals surface area (Å²) in [6.45, 7) is 0.854. The fourth-order valence-electron chi connectivity index (χ4n) is 3.58. The summed E-state index contributed by atoms with van der Waals surface area (Å²) < 4.78 is 0.954. The van der Waals surface area contributed by atoms with Crippen LogP contribution in [0, 0.1) is 17.8 Å². The first kappa shape index (κ1) is 12.2. The molecule has 18 heavy (non-hydrogen) atoms. The van der Waals surface area contributed by atoms with E-state index in [0.717, 1.165) is 34.3 Å². The topological polar surface area (TPSA) is 29.1 Å². The van der Waals surface area contributed by atoms with Crippen molar-refractivity contribution in [3.8, 4) is 0 Å². The molecule has 0 aliphatic heterocycles. The number of rotatable bonds is 3. The van der Waals surface area contributed by atoms with Gasteiger partial charge in [-0.25, -0.2) is 0 Å². The molecule has 3 heteroatoms. The number of nitrogens with one attached hydrogen (secondary N) is 1. The van der Waals surface area contributed by atoms with Crippen LogP contribution in [-0.2, 0) is 0 Å². The van der Waals surface area contributed by atoms with Gasteiger partial charge in [-0.05, 0) is 55.2 Å². The zero-order valence-electron chi connectivity index (χ0n) is 10.4. The van der Waals surface area contributed by atoms with Gasteiger partial charge in [0.25, 0.3) is 5.91 Å². The van der Waals surface area contributed by atoms with Crippen molar-refractivity contribution in [2.24, 2.45) is 17.8 Å². The number of carbonyl (C=O) groups excluding carboxylic acids is 1. The van der Waals surface area contributed by atoms with Crippen molar-refractivity contribution in [2.45, 2.75) is 25.7 Å². The van der Waals surface area contributed by atoms with Gasteiger partial charge in [0.05, 0.1) is 0 Å². The molecule has 0 saturated heterocycles. The third-order valence-electron chi connectivity index (χ3n) is 4.50. The second-order valence-corrected chi connectivity index (χ2v) is 6.57. The molecule has 3 rings (SSSR count). The molecular weight excluding hydrogens is 290 g/mol. The maximum atomic E-state index is 12.0. The molecule has 0 unspecified atom stereocenters. The summed E-state index contributed by atoms with van der Waals surface area (Å²) in [5.41, 5.74) is 0.743. The van der Waals surface area contributed by atoms with Crippen molar-refractivity contribution in [3.63, 3.8) is 0 Å². The Kier molecular flexibility index (Phi) is 3.42. The van der Waals surface area contributed by atoms with Crippen LogP contribution >= 0.6 is 15.9 Å². The summed E-state index contributed by atoms with van der Waals surface area (Å²) in [5.74, 6) is 2.60. The second-order valence-electron chi connectivity index (χ2n) is 5.66. The Morgan fingerprint density at radius 3 is 2.89 bits per heavy atom. The zero-order chi connectivity index (χ0) is 12.5. The smallest absolute Gasteiger partial charge is 0.251 e. The minimum absolute atomic E-state index is 0.0547. The molecule has 96 valence electrons. The number of amides is 1. The van der Waals surface area contributed by atoms with E-state index in [4.69, 9.17) is 0 Å². The van der Waals surface area contributed by atoms with E-state index in [0.29, 0.717) is 0 Å². The van der Waals surface area contributed by atoms with Crippen molar-refractivity contribution in [2.75, 3.05) is 6.54 Å². The van der Waals surface area contributed by atoms with E-state index in [1.54, 1.807) is 0 Å². The molecule has 2 bridgehead atoms. The van der Waals surface area contributed by atoms with E-state index in [2.05, 4.69) is 21.2 Å². The van der Waals surface area contributed by atoms with E-state index in [9.17, 15) is 4.79 Å². The number of fused-ring (bicyclic) bond motifs is 2. The number of carbonyl (C=O) groups is 1. The monoisotopic (exact) mass is 307 g/mol. The summed E-state index contributed by atoms with van der Waals surface area (Å²) >= 11 is 3.39. The second kappa shape index (κ2) is 5.04. The fraction of sp³-hybridized carbons (Fsp3) is 0.533. The first-order chi connectivity index (χ1) is 8.72. The summed E-state index contributed by atoms with van der Waals surface area (Å²) in [5, 5.41) is 3.09. The molecule has 2 saturated carbocycles. The van der Waals surface area contributed by atoms with Gasteiger partial charge in [0.1, 0.15) is 0 Å². The standard InChI is InChI=1S/C15H18BrNO/c16-14-3-1-2-12(8-14)15(18)17-9-13-7-10-4-5-11(13)6-10/h1-3,8,10-11,13H,4-7,9H2,(H,17,18)/t10-,11-,13-/m1/s1. The van der Waals surface area contributed by atoms with Crippen LogP contribution in [0.25, 0.3) is 0 Å². The first-order valence-corrected chi connectivity index (χ1v) is 7.55. The van der Waals surface area contributed by atoms with E-state index >= 15 is 0 Å².